The van der Waals surface area contributed by atoms with E-state index >= 15 is 0 Å². The van der Waals surface area contributed by atoms with Crippen LogP contribution in [0.4, 0.5) is 4.39 Å². The number of nitrogens with zero attached hydrogens (tertiary/aromatic N) is 2. The number of benzene rings is 4. The van der Waals surface area contributed by atoms with Crippen LogP contribution >= 0.6 is 0 Å². The van der Waals surface area contributed by atoms with Crippen LogP contribution in [0.25, 0.3) is 55.6 Å². The molecule has 1 aliphatic carbocycles. The molecule has 0 saturated heterocycles. The van der Waals surface area contributed by atoms with Crippen LogP contribution < -0.4 is 4.40 Å². The molecule has 1 saturated carbocycles. The Balaban J connectivity index is 0.000000169. The normalized spacial score (nSPS) is 13.2. The molecule has 4 aromatic carbocycles. The molecule has 7 aromatic rings. The summed E-state index contributed by atoms with van der Waals surface area (Å²) in [6.07, 6.45) is 10.5. The zero-order chi connectivity index (χ0) is 33.1. The Morgan fingerprint density at radius 3 is 2.33 bits per heavy atom. The largest absolute Gasteiger partial charge is 0 e. The first-order valence-corrected chi connectivity index (χ1v) is 24.2. The van der Waals surface area contributed by atoms with E-state index in [0.29, 0.717) is 11.2 Å². The summed E-state index contributed by atoms with van der Waals surface area (Å²) in [6.45, 7) is 0. The van der Waals surface area contributed by atoms with Crippen LogP contribution in [0.5, 0.6) is 0 Å². The fourth-order valence-corrected chi connectivity index (χ4v) is 9.86. The van der Waals surface area contributed by atoms with E-state index in [1.165, 1.54) is 52.8 Å². The summed E-state index contributed by atoms with van der Waals surface area (Å²) in [5.41, 5.74) is 8.76. The predicted molar refractivity (Wildman–Crippen MR) is 198 cm³/mol. The Bertz CT molecular complexity index is 2170. The third-order valence-corrected chi connectivity index (χ3v) is 13.5. The minimum absolute atomic E-state index is 0. The van der Waals surface area contributed by atoms with Gasteiger partial charge >= 0.3 is 135 Å². The second-order valence-electron chi connectivity index (χ2n) is 13.8. The van der Waals surface area contributed by atoms with Gasteiger partial charge in [-0.05, 0) is 30.2 Å². The van der Waals surface area contributed by atoms with Crippen LogP contribution in [-0.2, 0) is 26.5 Å². The zero-order valence-electron chi connectivity index (χ0n) is 28.1. The van der Waals surface area contributed by atoms with Gasteiger partial charge in [-0.1, -0.05) is 54.8 Å². The van der Waals surface area contributed by atoms with E-state index in [1.807, 2.05) is 36.5 Å². The molecule has 3 heterocycles. The van der Waals surface area contributed by atoms with Gasteiger partial charge in [-0.3, -0.25) is 0 Å². The maximum atomic E-state index is 14.0. The van der Waals surface area contributed by atoms with Crippen molar-refractivity contribution in [2.24, 2.45) is 5.92 Å². The van der Waals surface area contributed by atoms with Gasteiger partial charge in [0.1, 0.15) is 0 Å². The summed E-state index contributed by atoms with van der Waals surface area (Å²) >= 11 is -1.99. The molecule has 0 spiro atoms. The van der Waals surface area contributed by atoms with Crippen molar-refractivity contribution in [2.45, 2.75) is 49.4 Å². The third kappa shape index (κ3) is 7.96. The van der Waals surface area contributed by atoms with E-state index in [2.05, 4.69) is 95.2 Å². The Labute approximate surface area is 304 Å². The number of pyridine rings is 2. The minimum atomic E-state index is -1.99. The van der Waals surface area contributed by atoms with Crippen molar-refractivity contribution in [3.05, 3.63) is 139 Å². The minimum Gasteiger partial charge on any atom is 0 e. The molecule has 0 atom stereocenters. The van der Waals surface area contributed by atoms with Crippen LogP contribution in [0.2, 0.25) is 17.3 Å². The average molecular weight is 884 g/mol. The average Bonchev–Trinajstić information content (AvgIpc) is 3.77. The van der Waals surface area contributed by atoms with Crippen molar-refractivity contribution >= 4 is 39.6 Å². The van der Waals surface area contributed by atoms with Crippen LogP contribution in [0, 0.1) is 23.9 Å². The molecule has 8 rings (SSSR count). The van der Waals surface area contributed by atoms with Gasteiger partial charge in [0.2, 0.25) is 0 Å². The van der Waals surface area contributed by atoms with Crippen molar-refractivity contribution in [3.8, 4) is 33.6 Å². The van der Waals surface area contributed by atoms with Gasteiger partial charge in [-0.25, -0.2) is 4.39 Å². The molecule has 0 aliphatic heterocycles. The molecule has 3 aromatic heterocycles. The van der Waals surface area contributed by atoms with E-state index in [9.17, 15) is 4.39 Å². The van der Waals surface area contributed by atoms with E-state index in [4.69, 9.17) is 9.40 Å². The van der Waals surface area contributed by atoms with E-state index in [1.54, 1.807) is 12.1 Å². The van der Waals surface area contributed by atoms with Gasteiger partial charge in [-0.2, -0.15) is 0 Å². The summed E-state index contributed by atoms with van der Waals surface area (Å²) < 4.78 is 21.1. The smallest absolute Gasteiger partial charge is 0 e. The topological polar surface area (TPSA) is 38.9 Å². The monoisotopic (exact) mass is 885 g/mol. The van der Waals surface area contributed by atoms with E-state index in [-0.39, 0.29) is 25.9 Å². The van der Waals surface area contributed by atoms with Gasteiger partial charge < -0.3 is 9.40 Å². The van der Waals surface area contributed by atoms with Gasteiger partial charge in [0.25, 0.3) is 0 Å². The number of para-hydroxylation sites is 1. The van der Waals surface area contributed by atoms with Crippen LogP contribution in [0.1, 0.15) is 31.2 Å². The number of aromatic nitrogens is 2. The predicted octanol–water partition coefficient (Wildman–Crippen LogP) is 11.1. The molecule has 1 fully saturated rings. The number of furan rings is 1. The second-order valence-corrected chi connectivity index (χ2v) is 24.3. The first-order chi connectivity index (χ1) is 23.3. The number of rotatable bonds is 6. The van der Waals surface area contributed by atoms with Crippen molar-refractivity contribution in [1.82, 2.24) is 9.97 Å². The SMILES string of the molecule is Fc1cccc2c1oc1c[c-]c(-c3cc(CC4CCCC4)ccn3)cc12.[CH3][Ge]([CH3])([CH3])[c]1cnc(-c2[c-]cccc2)cc1-c1ccccc1.[Ir]. The molecule has 0 amide bonds. The molecule has 0 bridgehead atoms. The van der Waals surface area contributed by atoms with E-state index < -0.39 is 13.3 Å². The summed E-state index contributed by atoms with van der Waals surface area (Å²) in [5.74, 6) is 7.71. The fraction of sp³-hybridized carbons (Fsp3) is 0.209. The third-order valence-electron chi connectivity index (χ3n) is 9.26. The Hall–Kier alpha value is -3.90. The number of hydrogen-bond acceptors (Lipinski definition) is 3. The van der Waals surface area contributed by atoms with Crippen LogP contribution in [0.3, 0.4) is 0 Å². The second kappa shape index (κ2) is 15.3. The van der Waals surface area contributed by atoms with Gasteiger partial charge in [0, 0.05) is 31.7 Å². The number of hydrogen-bond donors (Lipinski definition) is 0. The molecule has 1 radical (unpaired) electrons. The molecule has 49 heavy (non-hydrogen) atoms. The van der Waals surface area contributed by atoms with Crippen LogP contribution in [-0.4, -0.2) is 23.2 Å². The molecular formula is C43H39FGeIrN2O-2. The zero-order valence-corrected chi connectivity index (χ0v) is 32.6. The van der Waals surface area contributed by atoms with Crippen LogP contribution in [0.15, 0.2) is 120 Å². The van der Waals surface area contributed by atoms with E-state index in [0.717, 1.165) is 45.6 Å². The summed E-state index contributed by atoms with van der Waals surface area (Å²) in [7, 11) is 0. The van der Waals surface area contributed by atoms with Crippen molar-refractivity contribution in [3.63, 3.8) is 0 Å². The molecule has 3 nitrogen and oxygen atoms in total. The summed E-state index contributed by atoms with van der Waals surface area (Å²) in [5, 5.41) is 1.69. The Kier molecular flexibility index (Phi) is 10.9. The maximum Gasteiger partial charge on any atom is 0 e. The first-order valence-electron chi connectivity index (χ1n) is 16.8. The Morgan fingerprint density at radius 2 is 1.57 bits per heavy atom. The van der Waals surface area contributed by atoms with Crippen molar-refractivity contribution < 1.29 is 28.9 Å². The number of halogens is 1. The van der Waals surface area contributed by atoms with Crippen molar-refractivity contribution in [1.29, 1.82) is 0 Å². The standard InChI is InChI=1S/C23H19FNO.C20H20GeN.Ir/c24-20-7-3-6-18-19-14-17(8-9-22(19)26-23(18)20)21-13-16(10-11-25-21)12-15-4-1-2-5-15;1-21(2,3)19-15-22-20(17-12-8-5-9-13-17)14-18(19)16-10-6-4-7-11-16;/h3,6-7,9-11,13-15H,1-2,4-5,12H2;4-12,14-15H,1-3H3;/q2*-1;. The summed E-state index contributed by atoms with van der Waals surface area (Å²) in [4.78, 5) is 9.25. The fourth-order valence-electron chi connectivity index (χ4n) is 6.76. The Morgan fingerprint density at radius 1 is 0.796 bits per heavy atom. The van der Waals surface area contributed by atoms with Crippen molar-refractivity contribution in [2.75, 3.05) is 0 Å². The molecule has 0 unspecified atom stereocenters. The molecule has 1 aliphatic rings. The van der Waals surface area contributed by atoms with Gasteiger partial charge in [0.05, 0.1) is 5.58 Å². The quantitative estimate of drug-likeness (QED) is 0.123. The van der Waals surface area contributed by atoms with Gasteiger partial charge in [0.15, 0.2) is 11.4 Å². The molecular weight excluding hydrogens is 844 g/mol. The van der Waals surface area contributed by atoms with Gasteiger partial charge in [-0.15, -0.1) is 23.8 Å². The summed E-state index contributed by atoms with van der Waals surface area (Å²) in [6, 6.07) is 40.5. The molecule has 249 valence electrons. The number of fused-ring (bicyclic) bond motifs is 3. The maximum absolute atomic E-state index is 14.0. The molecule has 0 N–H and O–H groups in total. The first kappa shape index (κ1) is 34.9. The molecule has 6 heteroatoms.